The molecule has 0 saturated carbocycles. The lowest BCUT2D eigenvalue weighted by molar-refractivity contribution is 0.269. The Morgan fingerprint density at radius 3 is 2.25 bits per heavy atom. The van der Waals surface area contributed by atoms with Gasteiger partial charge in [0, 0.05) is 0 Å². The van der Waals surface area contributed by atoms with Gasteiger partial charge in [-0.1, -0.05) is 18.2 Å². The molecule has 0 radical (unpaired) electrons. The highest BCUT2D eigenvalue weighted by atomic mass is 19.1. The van der Waals surface area contributed by atoms with Crippen molar-refractivity contribution in [3.63, 3.8) is 0 Å². The number of allylic oxidation sites excluding steroid dienone is 1. The van der Waals surface area contributed by atoms with Crippen molar-refractivity contribution in [1.82, 2.24) is 0 Å². The number of halogens is 1. The number of nitrogens with zero attached hydrogens (tertiary/aromatic N) is 1. The molecule has 0 saturated heterocycles. The zero-order valence-electron chi connectivity index (χ0n) is 18.2. The van der Waals surface area contributed by atoms with Crippen LogP contribution >= 0.6 is 0 Å². The van der Waals surface area contributed by atoms with Gasteiger partial charge < -0.3 is 18.9 Å². The number of nitriles is 1. The summed E-state index contributed by atoms with van der Waals surface area (Å²) in [6, 6.07) is 19.2. The van der Waals surface area contributed by atoms with Gasteiger partial charge in [-0.3, -0.25) is 0 Å². The molecule has 0 aliphatic rings. The molecule has 0 heterocycles. The van der Waals surface area contributed by atoms with E-state index < -0.39 is 0 Å². The molecule has 0 N–H and O–H groups in total. The summed E-state index contributed by atoms with van der Waals surface area (Å²) in [4.78, 5) is 0. The first-order chi connectivity index (χ1) is 15.6. The van der Waals surface area contributed by atoms with Crippen LogP contribution in [0.4, 0.5) is 4.39 Å². The number of ether oxygens (including phenoxy) is 4. The molecule has 5 nitrogen and oxygen atoms in total. The Balaban J connectivity index is 1.86. The zero-order valence-corrected chi connectivity index (χ0v) is 18.2. The van der Waals surface area contributed by atoms with Crippen molar-refractivity contribution in [2.75, 3.05) is 20.8 Å². The molecule has 0 atom stereocenters. The molecular weight excluding hydrogens is 409 g/mol. The van der Waals surface area contributed by atoms with Crippen LogP contribution in [-0.4, -0.2) is 20.8 Å². The highest BCUT2D eigenvalue weighted by Crippen LogP contribution is 2.33. The predicted octanol–water partition coefficient (Wildman–Crippen LogP) is 5.88. The van der Waals surface area contributed by atoms with Gasteiger partial charge in [0.2, 0.25) is 0 Å². The fraction of sp³-hybridized carbons (Fsp3) is 0.192. The smallest absolute Gasteiger partial charge is 0.161 e. The van der Waals surface area contributed by atoms with Crippen molar-refractivity contribution in [2.24, 2.45) is 0 Å². The molecule has 3 aromatic rings. The minimum Gasteiger partial charge on any atom is -0.493 e. The molecule has 0 spiro atoms. The van der Waals surface area contributed by atoms with Crippen LogP contribution in [0.5, 0.6) is 23.0 Å². The lowest BCUT2D eigenvalue weighted by atomic mass is 10.0. The van der Waals surface area contributed by atoms with Crippen LogP contribution in [0.25, 0.3) is 11.6 Å². The minimum atomic E-state index is -0.289. The molecule has 0 amide bonds. The van der Waals surface area contributed by atoms with Gasteiger partial charge in [0.1, 0.15) is 12.4 Å². The molecule has 0 bridgehead atoms. The highest BCUT2D eigenvalue weighted by Gasteiger charge is 2.10. The quantitative estimate of drug-likeness (QED) is 0.311. The molecule has 0 fully saturated rings. The Bertz CT molecular complexity index is 1130. The molecule has 0 aliphatic carbocycles. The first kappa shape index (κ1) is 22.7. The van der Waals surface area contributed by atoms with Crippen molar-refractivity contribution < 1.29 is 23.3 Å². The van der Waals surface area contributed by atoms with E-state index in [4.69, 9.17) is 18.9 Å². The fourth-order valence-corrected chi connectivity index (χ4v) is 3.09. The minimum absolute atomic E-state index is 0.282. The van der Waals surface area contributed by atoms with E-state index in [-0.39, 0.29) is 12.4 Å². The maximum Gasteiger partial charge on any atom is 0.161 e. The zero-order chi connectivity index (χ0) is 22.9. The molecule has 0 aliphatic heterocycles. The summed E-state index contributed by atoms with van der Waals surface area (Å²) in [5.41, 5.74) is 2.81. The topological polar surface area (TPSA) is 60.7 Å². The number of methoxy groups -OCH3 is 2. The van der Waals surface area contributed by atoms with Crippen LogP contribution in [-0.2, 0) is 6.61 Å². The third-order valence-electron chi connectivity index (χ3n) is 4.70. The molecular formula is C26H24FNO4. The summed E-state index contributed by atoms with van der Waals surface area (Å²) < 4.78 is 35.3. The average molecular weight is 433 g/mol. The van der Waals surface area contributed by atoms with Gasteiger partial charge in [-0.15, -0.1) is 0 Å². The second-order valence-corrected chi connectivity index (χ2v) is 6.79. The summed E-state index contributed by atoms with van der Waals surface area (Å²) in [6.45, 7) is 2.63. The second-order valence-electron chi connectivity index (χ2n) is 6.79. The summed E-state index contributed by atoms with van der Waals surface area (Å²) >= 11 is 0. The van der Waals surface area contributed by atoms with E-state index in [2.05, 4.69) is 6.07 Å². The Morgan fingerprint density at radius 1 is 0.875 bits per heavy atom. The largest absolute Gasteiger partial charge is 0.493 e. The van der Waals surface area contributed by atoms with Gasteiger partial charge >= 0.3 is 0 Å². The van der Waals surface area contributed by atoms with E-state index in [0.717, 1.165) is 11.1 Å². The SMILES string of the molecule is CCOc1cc(/C=C(\C#N)c2ccc(OC)c(OC)c2)ccc1OCc1ccc(F)cc1. The number of hydrogen-bond donors (Lipinski definition) is 0. The van der Waals surface area contributed by atoms with E-state index >= 15 is 0 Å². The normalized spacial score (nSPS) is 10.9. The third kappa shape index (κ3) is 5.58. The molecule has 164 valence electrons. The van der Waals surface area contributed by atoms with Crippen molar-refractivity contribution in [2.45, 2.75) is 13.5 Å². The van der Waals surface area contributed by atoms with Crippen molar-refractivity contribution in [1.29, 1.82) is 5.26 Å². The summed E-state index contributed by atoms with van der Waals surface area (Å²) in [7, 11) is 3.12. The molecule has 32 heavy (non-hydrogen) atoms. The van der Waals surface area contributed by atoms with Gasteiger partial charge in [-0.05, 0) is 72.2 Å². The Kier molecular flexibility index (Phi) is 7.71. The first-order valence-electron chi connectivity index (χ1n) is 10.1. The summed E-state index contributed by atoms with van der Waals surface area (Å²) in [6.07, 6.45) is 1.77. The summed E-state index contributed by atoms with van der Waals surface area (Å²) in [5.74, 6) is 1.98. The van der Waals surface area contributed by atoms with Crippen LogP contribution < -0.4 is 18.9 Å². The monoisotopic (exact) mass is 433 g/mol. The third-order valence-corrected chi connectivity index (χ3v) is 4.70. The molecule has 0 aromatic heterocycles. The van der Waals surface area contributed by atoms with Gasteiger partial charge in [0.25, 0.3) is 0 Å². The predicted molar refractivity (Wildman–Crippen MR) is 121 cm³/mol. The van der Waals surface area contributed by atoms with Gasteiger partial charge in [-0.2, -0.15) is 5.26 Å². The van der Waals surface area contributed by atoms with Gasteiger partial charge in [0.05, 0.1) is 32.5 Å². The van der Waals surface area contributed by atoms with Crippen LogP contribution in [0, 0.1) is 17.1 Å². The van der Waals surface area contributed by atoms with Crippen LogP contribution in [0.1, 0.15) is 23.6 Å². The molecule has 6 heteroatoms. The van der Waals surface area contributed by atoms with Gasteiger partial charge in [0.15, 0.2) is 23.0 Å². The molecule has 0 unspecified atom stereocenters. The molecule has 3 rings (SSSR count). The van der Waals surface area contributed by atoms with E-state index in [0.29, 0.717) is 40.7 Å². The number of rotatable bonds is 9. The lowest BCUT2D eigenvalue weighted by Crippen LogP contribution is -2.00. The van der Waals surface area contributed by atoms with Crippen LogP contribution in [0.15, 0.2) is 60.7 Å². The maximum absolute atomic E-state index is 13.1. The van der Waals surface area contributed by atoms with E-state index in [1.165, 1.54) is 12.1 Å². The van der Waals surface area contributed by atoms with Gasteiger partial charge in [-0.25, -0.2) is 4.39 Å². The Morgan fingerprint density at radius 2 is 1.59 bits per heavy atom. The highest BCUT2D eigenvalue weighted by molar-refractivity contribution is 5.90. The first-order valence-corrected chi connectivity index (χ1v) is 10.1. The van der Waals surface area contributed by atoms with E-state index in [1.54, 1.807) is 56.7 Å². The Hall–Kier alpha value is -3.98. The van der Waals surface area contributed by atoms with Crippen molar-refractivity contribution >= 4 is 11.6 Å². The standard InChI is InChI=1S/C26H24FNO4/c1-4-31-26-14-19(7-11-24(26)32-17-18-5-9-22(27)10-6-18)13-21(16-28)20-8-12-23(29-2)25(15-20)30-3/h5-15H,4,17H2,1-3H3/b21-13+. The average Bonchev–Trinajstić information content (AvgIpc) is 2.82. The molecule has 3 aromatic carbocycles. The second kappa shape index (κ2) is 10.9. The van der Waals surface area contributed by atoms with Crippen molar-refractivity contribution in [3.05, 3.63) is 83.2 Å². The summed E-state index contributed by atoms with van der Waals surface area (Å²) in [5, 5.41) is 9.71. The van der Waals surface area contributed by atoms with Crippen molar-refractivity contribution in [3.8, 4) is 29.1 Å². The van der Waals surface area contributed by atoms with Crippen LogP contribution in [0.3, 0.4) is 0 Å². The maximum atomic E-state index is 13.1. The van der Waals surface area contributed by atoms with E-state index in [9.17, 15) is 9.65 Å². The number of benzene rings is 3. The fourth-order valence-electron chi connectivity index (χ4n) is 3.09. The number of hydrogen-bond acceptors (Lipinski definition) is 5. The Labute approximate surface area is 187 Å². The van der Waals surface area contributed by atoms with E-state index in [1.807, 2.05) is 19.1 Å². The van der Waals surface area contributed by atoms with Crippen LogP contribution in [0.2, 0.25) is 0 Å². The lowest BCUT2D eigenvalue weighted by Gasteiger charge is -2.13.